The van der Waals surface area contributed by atoms with Crippen molar-refractivity contribution in [3.63, 3.8) is 0 Å². The maximum absolute atomic E-state index is 12.6. The monoisotopic (exact) mass is 444 g/mol. The highest BCUT2D eigenvalue weighted by atomic mass is 16.2. The van der Waals surface area contributed by atoms with Crippen molar-refractivity contribution in [1.29, 1.82) is 0 Å². The Labute approximate surface area is 191 Å². The van der Waals surface area contributed by atoms with Gasteiger partial charge in [0.15, 0.2) is 11.2 Å². The van der Waals surface area contributed by atoms with E-state index >= 15 is 0 Å². The summed E-state index contributed by atoms with van der Waals surface area (Å²) in [5, 5.41) is 0. The SMILES string of the molecule is CCCCCCCC/C=C\CCCCCCCC(=O)n1cnc2c1c(=O)n(C)c(=O)n2C. The van der Waals surface area contributed by atoms with Gasteiger partial charge < -0.3 is 0 Å². The fourth-order valence-corrected chi connectivity index (χ4v) is 4.00. The van der Waals surface area contributed by atoms with Gasteiger partial charge >= 0.3 is 5.69 Å². The van der Waals surface area contributed by atoms with Crippen LogP contribution in [0.15, 0.2) is 28.1 Å². The summed E-state index contributed by atoms with van der Waals surface area (Å²) in [4.78, 5) is 41.1. The number of carbonyl (C=O) groups excluding carboxylic acids is 1. The van der Waals surface area contributed by atoms with Crippen molar-refractivity contribution in [1.82, 2.24) is 18.7 Å². The van der Waals surface area contributed by atoms with Crippen LogP contribution in [0.25, 0.3) is 11.2 Å². The summed E-state index contributed by atoms with van der Waals surface area (Å²) in [6.07, 6.45) is 22.1. The number of rotatable bonds is 15. The van der Waals surface area contributed by atoms with E-state index in [9.17, 15) is 14.4 Å². The van der Waals surface area contributed by atoms with Crippen molar-refractivity contribution in [2.24, 2.45) is 14.1 Å². The highest BCUT2D eigenvalue weighted by Gasteiger charge is 2.17. The number of unbranched alkanes of at least 4 members (excludes halogenated alkanes) is 11. The summed E-state index contributed by atoms with van der Waals surface area (Å²) >= 11 is 0. The molecule has 0 atom stereocenters. The smallest absolute Gasteiger partial charge is 0.279 e. The Bertz CT molecular complexity index is 997. The van der Waals surface area contributed by atoms with Crippen LogP contribution in [0.1, 0.15) is 102 Å². The molecule has 0 unspecified atom stereocenters. The van der Waals surface area contributed by atoms with Gasteiger partial charge in [-0.05, 0) is 32.1 Å². The second kappa shape index (κ2) is 13.9. The van der Waals surface area contributed by atoms with Crippen LogP contribution in [-0.2, 0) is 14.1 Å². The Morgan fingerprint density at radius 2 is 1.41 bits per heavy atom. The first kappa shape index (κ1) is 25.8. The molecule has 0 aliphatic rings. The molecule has 0 fully saturated rings. The van der Waals surface area contributed by atoms with E-state index in [4.69, 9.17) is 0 Å². The molecular formula is C25H40N4O3. The van der Waals surface area contributed by atoms with Crippen LogP contribution in [0.5, 0.6) is 0 Å². The summed E-state index contributed by atoms with van der Waals surface area (Å²) < 4.78 is 3.60. The first-order valence-corrected chi connectivity index (χ1v) is 12.3. The van der Waals surface area contributed by atoms with E-state index in [1.807, 2.05) is 0 Å². The summed E-state index contributed by atoms with van der Waals surface area (Å²) in [6.45, 7) is 2.25. The molecule has 0 saturated carbocycles. The largest absolute Gasteiger partial charge is 0.332 e. The van der Waals surface area contributed by atoms with Gasteiger partial charge in [0, 0.05) is 20.5 Å². The number of nitrogens with zero attached hydrogens (tertiary/aromatic N) is 4. The van der Waals surface area contributed by atoms with E-state index in [1.165, 1.54) is 80.3 Å². The molecule has 7 nitrogen and oxygen atoms in total. The van der Waals surface area contributed by atoms with Crippen molar-refractivity contribution in [3.05, 3.63) is 39.3 Å². The maximum Gasteiger partial charge on any atom is 0.332 e. The molecule has 7 heteroatoms. The molecule has 2 aromatic rings. The molecule has 0 amide bonds. The van der Waals surface area contributed by atoms with Crippen molar-refractivity contribution in [3.8, 4) is 0 Å². The number of aryl methyl sites for hydroxylation is 1. The normalized spacial score (nSPS) is 11.7. The lowest BCUT2D eigenvalue weighted by atomic mass is 10.1. The van der Waals surface area contributed by atoms with Crippen LogP contribution in [0.4, 0.5) is 0 Å². The Morgan fingerprint density at radius 1 is 0.844 bits per heavy atom. The second-order valence-corrected chi connectivity index (χ2v) is 8.72. The number of fused-ring (bicyclic) bond motifs is 1. The zero-order valence-corrected chi connectivity index (χ0v) is 20.1. The average Bonchev–Trinajstić information content (AvgIpc) is 3.24. The van der Waals surface area contributed by atoms with Gasteiger partial charge in [-0.25, -0.2) is 9.78 Å². The molecule has 0 radical (unpaired) electrons. The molecule has 2 aromatic heterocycles. The van der Waals surface area contributed by atoms with Crippen LogP contribution < -0.4 is 11.2 Å². The lowest BCUT2D eigenvalue weighted by Crippen LogP contribution is -2.38. The van der Waals surface area contributed by atoms with Crippen LogP contribution in [0, 0.1) is 0 Å². The molecule has 0 saturated heterocycles. The third kappa shape index (κ3) is 7.31. The van der Waals surface area contributed by atoms with E-state index in [2.05, 4.69) is 24.1 Å². The number of hydrogen-bond acceptors (Lipinski definition) is 4. The third-order valence-corrected chi connectivity index (χ3v) is 6.07. The lowest BCUT2D eigenvalue weighted by molar-refractivity contribution is 0.0903. The first-order chi connectivity index (χ1) is 15.5. The van der Waals surface area contributed by atoms with Crippen molar-refractivity contribution < 1.29 is 4.79 Å². The minimum atomic E-state index is -0.488. The van der Waals surface area contributed by atoms with Crippen molar-refractivity contribution >= 4 is 17.1 Å². The Hall–Kier alpha value is -2.44. The second-order valence-electron chi connectivity index (χ2n) is 8.72. The van der Waals surface area contributed by atoms with Crippen LogP contribution in [0.3, 0.4) is 0 Å². The minimum absolute atomic E-state index is 0.152. The summed E-state index contributed by atoms with van der Waals surface area (Å²) in [5.74, 6) is -0.152. The summed E-state index contributed by atoms with van der Waals surface area (Å²) in [5.41, 5.74) is -0.515. The van der Waals surface area contributed by atoms with Gasteiger partial charge in [-0.3, -0.25) is 23.3 Å². The van der Waals surface area contributed by atoms with Gasteiger partial charge in [-0.1, -0.05) is 70.4 Å². The van der Waals surface area contributed by atoms with Crippen LogP contribution >= 0.6 is 0 Å². The van der Waals surface area contributed by atoms with Crippen molar-refractivity contribution in [2.45, 2.75) is 96.8 Å². The maximum atomic E-state index is 12.6. The number of aromatic nitrogens is 4. The molecule has 2 rings (SSSR count). The fraction of sp³-hybridized carbons (Fsp3) is 0.680. The zero-order valence-electron chi connectivity index (χ0n) is 20.1. The predicted octanol–water partition coefficient (Wildman–Crippen LogP) is 5.11. The van der Waals surface area contributed by atoms with Gasteiger partial charge in [-0.2, -0.15) is 0 Å². The number of allylic oxidation sites excluding steroid dienone is 2. The quantitative estimate of drug-likeness (QED) is 0.282. The number of carbonyl (C=O) groups is 1. The van der Waals surface area contributed by atoms with E-state index in [1.54, 1.807) is 7.05 Å². The van der Waals surface area contributed by atoms with Crippen LogP contribution in [0.2, 0.25) is 0 Å². The van der Waals surface area contributed by atoms with Gasteiger partial charge in [0.2, 0.25) is 5.91 Å². The van der Waals surface area contributed by atoms with E-state index < -0.39 is 11.2 Å². The molecular weight excluding hydrogens is 404 g/mol. The molecule has 32 heavy (non-hydrogen) atoms. The number of imidazole rings is 1. The molecule has 0 bridgehead atoms. The summed E-state index contributed by atoms with van der Waals surface area (Å²) in [6, 6.07) is 0. The van der Waals surface area contributed by atoms with Crippen LogP contribution in [-0.4, -0.2) is 24.6 Å². The molecule has 0 aliphatic heterocycles. The highest BCUT2D eigenvalue weighted by molar-refractivity contribution is 5.88. The van der Waals surface area contributed by atoms with E-state index in [0.717, 1.165) is 30.3 Å². The molecule has 0 spiro atoms. The Kier molecular flexibility index (Phi) is 11.2. The highest BCUT2D eigenvalue weighted by Crippen LogP contribution is 2.12. The molecule has 0 N–H and O–H groups in total. The lowest BCUT2D eigenvalue weighted by Gasteiger charge is -2.06. The van der Waals surface area contributed by atoms with Crippen molar-refractivity contribution in [2.75, 3.05) is 0 Å². The van der Waals surface area contributed by atoms with Gasteiger partial charge in [0.25, 0.3) is 5.56 Å². The van der Waals surface area contributed by atoms with Gasteiger partial charge in [-0.15, -0.1) is 0 Å². The zero-order chi connectivity index (χ0) is 23.3. The number of hydrogen-bond donors (Lipinski definition) is 0. The Morgan fingerprint density at radius 3 is 2.03 bits per heavy atom. The summed E-state index contributed by atoms with van der Waals surface area (Å²) in [7, 11) is 2.96. The molecule has 178 valence electrons. The average molecular weight is 445 g/mol. The van der Waals surface area contributed by atoms with Gasteiger partial charge in [0.05, 0.1) is 0 Å². The predicted molar refractivity (Wildman–Crippen MR) is 130 cm³/mol. The topological polar surface area (TPSA) is 78.9 Å². The third-order valence-electron chi connectivity index (χ3n) is 6.07. The minimum Gasteiger partial charge on any atom is -0.279 e. The fourth-order valence-electron chi connectivity index (χ4n) is 4.00. The first-order valence-electron chi connectivity index (χ1n) is 12.3. The van der Waals surface area contributed by atoms with E-state index in [0.29, 0.717) is 6.42 Å². The molecule has 2 heterocycles. The van der Waals surface area contributed by atoms with Gasteiger partial charge in [0.1, 0.15) is 6.33 Å². The molecule has 0 aromatic carbocycles. The van der Waals surface area contributed by atoms with E-state index in [-0.39, 0.29) is 17.1 Å². The standard InChI is InChI=1S/C25H40N4O3/c1-4-5-6-7-8-9-10-11-12-13-14-15-16-17-18-19-21(30)29-20-26-23-22(29)24(31)28(3)25(32)27(23)2/h11-12,20H,4-10,13-19H2,1-3H3/b12-11-. The Balaban J connectivity index is 1.61. The molecule has 0 aliphatic carbocycles.